The minimum atomic E-state index is -4.72. The van der Waals surface area contributed by atoms with E-state index in [-0.39, 0.29) is 0 Å². The molecule has 0 saturated carbocycles. The maximum absolute atomic E-state index is 13.2. The molecule has 0 spiro atoms. The summed E-state index contributed by atoms with van der Waals surface area (Å²) in [6, 6.07) is 10.8. The summed E-state index contributed by atoms with van der Waals surface area (Å²) in [5.41, 5.74) is -0.880. The molecule has 28 heavy (non-hydrogen) atoms. The van der Waals surface area contributed by atoms with Crippen molar-refractivity contribution in [2.45, 2.75) is 43.1 Å². The van der Waals surface area contributed by atoms with E-state index >= 15 is 0 Å². The van der Waals surface area contributed by atoms with Gasteiger partial charge in [0.05, 0.1) is 0 Å². The second-order valence-corrected chi connectivity index (χ2v) is 6.19. The lowest BCUT2D eigenvalue weighted by atomic mass is 9.91. The first-order valence-corrected chi connectivity index (χ1v) is 8.24. The van der Waals surface area contributed by atoms with Crippen molar-refractivity contribution >= 4 is 0 Å². The van der Waals surface area contributed by atoms with Crippen molar-refractivity contribution in [2.24, 2.45) is 0 Å². The summed E-state index contributed by atoms with van der Waals surface area (Å²) in [4.78, 5) is 3.34. The highest BCUT2D eigenvalue weighted by atomic mass is 19.4. The van der Waals surface area contributed by atoms with Gasteiger partial charge in [0, 0.05) is 6.07 Å². The lowest BCUT2D eigenvalue weighted by Crippen LogP contribution is -2.58. The molecule has 5 nitrogen and oxygen atoms in total. The Labute approximate surface area is 156 Å². The molecular weight excluding hydrogens is 389 g/mol. The van der Waals surface area contributed by atoms with Gasteiger partial charge in [0.15, 0.2) is 6.10 Å². The minimum absolute atomic E-state index is 0.344. The van der Waals surface area contributed by atoms with E-state index in [2.05, 4.69) is 4.98 Å². The number of aliphatic hydroxyl groups is 2. The van der Waals surface area contributed by atoms with Gasteiger partial charge in [-0.25, -0.2) is 13.8 Å². The Morgan fingerprint density at radius 1 is 0.964 bits per heavy atom. The van der Waals surface area contributed by atoms with Gasteiger partial charge in [0.2, 0.25) is 5.88 Å². The normalized spacial score (nSPS) is 28.4. The SMILES string of the molecule is O[C@@H]1[C@H](O)[C@@H](Oc2cccc(C(F)(F)F)n2)[C@@H](c2ccccc2)O[C@@H]1C(F)F. The van der Waals surface area contributed by atoms with Crippen LogP contribution in [0.1, 0.15) is 17.4 Å². The fraction of sp³-hybridized carbons (Fsp3) is 0.389. The Morgan fingerprint density at radius 2 is 1.64 bits per heavy atom. The number of aliphatic hydroxyl groups excluding tert-OH is 2. The Hall–Kier alpha value is -2.30. The first kappa shape index (κ1) is 20.4. The zero-order chi connectivity index (χ0) is 20.5. The van der Waals surface area contributed by atoms with Crippen molar-refractivity contribution in [2.75, 3.05) is 0 Å². The maximum Gasteiger partial charge on any atom is 0.433 e. The van der Waals surface area contributed by atoms with E-state index in [1.807, 2.05) is 0 Å². The molecule has 1 aromatic carbocycles. The third kappa shape index (κ3) is 4.23. The number of rotatable bonds is 4. The van der Waals surface area contributed by atoms with E-state index in [9.17, 15) is 32.2 Å². The predicted octanol–water partition coefficient (Wildman–Crippen LogP) is 2.97. The standard InChI is InChI=1S/C18H16F5NO4/c19-17(20)16-13(26)12(25)15(14(28-16)9-5-2-1-3-6-9)27-11-8-4-7-10(24-11)18(21,22)23/h1-8,12-17,25-26H/t12-,13+,14+,15+,16-/m0/s1. The molecule has 10 heteroatoms. The van der Waals surface area contributed by atoms with Crippen molar-refractivity contribution in [1.29, 1.82) is 0 Å². The smallest absolute Gasteiger partial charge is 0.433 e. The van der Waals surface area contributed by atoms with Crippen LogP contribution in [0, 0.1) is 0 Å². The Balaban J connectivity index is 1.94. The number of hydrogen-bond donors (Lipinski definition) is 2. The molecule has 5 atom stereocenters. The molecule has 1 saturated heterocycles. The molecule has 2 N–H and O–H groups in total. The molecule has 1 fully saturated rings. The quantitative estimate of drug-likeness (QED) is 0.766. The molecule has 0 aliphatic carbocycles. The number of hydrogen-bond acceptors (Lipinski definition) is 5. The van der Waals surface area contributed by atoms with Crippen LogP contribution in [-0.2, 0) is 10.9 Å². The number of alkyl halides is 5. The van der Waals surface area contributed by atoms with E-state index in [0.29, 0.717) is 5.56 Å². The second kappa shape index (κ2) is 7.98. The summed E-state index contributed by atoms with van der Waals surface area (Å²) in [5, 5.41) is 20.3. The Morgan fingerprint density at radius 3 is 2.25 bits per heavy atom. The third-order valence-electron chi connectivity index (χ3n) is 4.27. The van der Waals surface area contributed by atoms with Crippen LogP contribution >= 0.6 is 0 Å². The van der Waals surface area contributed by atoms with Crippen LogP contribution in [0.25, 0.3) is 0 Å². The molecule has 1 aliphatic heterocycles. The van der Waals surface area contributed by atoms with Gasteiger partial charge < -0.3 is 19.7 Å². The molecular formula is C18H16F5NO4. The summed E-state index contributed by atoms with van der Waals surface area (Å²) in [5.74, 6) is -0.494. The van der Waals surface area contributed by atoms with Crippen LogP contribution in [0.2, 0.25) is 0 Å². The number of ether oxygens (including phenoxy) is 2. The molecule has 1 aromatic heterocycles. The molecule has 0 unspecified atom stereocenters. The summed E-state index contributed by atoms with van der Waals surface area (Å²) in [6.45, 7) is 0. The monoisotopic (exact) mass is 405 g/mol. The molecule has 3 rings (SSSR count). The second-order valence-electron chi connectivity index (χ2n) is 6.19. The van der Waals surface area contributed by atoms with E-state index in [0.717, 1.165) is 18.2 Å². The van der Waals surface area contributed by atoms with Crippen LogP contribution in [0.4, 0.5) is 22.0 Å². The lowest BCUT2D eigenvalue weighted by molar-refractivity contribution is -0.246. The summed E-state index contributed by atoms with van der Waals surface area (Å²) < 4.78 is 75.6. The minimum Gasteiger partial charge on any atom is -0.468 e. The summed E-state index contributed by atoms with van der Waals surface area (Å²) in [6.07, 6.45) is -16.4. The zero-order valence-corrected chi connectivity index (χ0v) is 14.1. The van der Waals surface area contributed by atoms with E-state index < -0.39 is 54.7 Å². The van der Waals surface area contributed by atoms with Crippen molar-refractivity contribution < 1.29 is 41.6 Å². The predicted molar refractivity (Wildman–Crippen MR) is 85.7 cm³/mol. The first-order valence-electron chi connectivity index (χ1n) is 8.24. The number of nitrogens with zero attached hydrogens (tertiary/aromatic N) is 1. The number of aromatic nitrogens is 1. The molecule has 152 valence electrons. The largest absolute Gasteiger partial charge is 0.468 e. The first-order chi connectivity index (χ1) is 13.2. The van der Waals surface area contributed by atoms with E-state index in [1.54, 1.807) is 18.2 Å². The summed E-state index contributed by atoms with van der Waals surface area (Å²) in [7, 11) is 0. The molecule has 1 aliphatic rings. The Kier molecular flexibility index (Phi) is 5.82. The average molecular weight is 405 g/mol. The van der Waals surface area contributed by atoms with Gasteiger partial charge in [-0.3, -0.25) is 0 Å². The molecule has 0 radical (unpaired) electrons. The van der Waals surface area contributed by atoms with Gasteiger partial charge in [0.1, 0.15) is 30.1 Å². The van der Waals surface area contributed by atoms with Crippen molar-refractivity contribution in [3.63, 3.8) is 0 Å². The average Bonchev–Trinajstić information content (AvgIpc) is 2.65. The van der Waals surface area contributed by atoms with Gasteiger partial charge in [-0.1, -0.05) is 36.4 Å². The lowest BCUT2D eigenvalue weighted by Gasteiger charge is -2.42. The van der Waals surface area contributed by atoms with Gasteiger partial charge in [-0.15, -0.1) is 0 Å². The number of halogens is 5. The van der Waals surface area contributed by atoms with E-state index in [4.69, 9.17) is 9.47 Å². The number of pyridine rings is 1. The molecule has 2 aromatic rings. The topological polar surface area (TPSA) is 71.8 Å². The van der Waals surface area contributed by atoms with Crippen molar-refractivity contribution in [3.8, 4) is 5.88 Å². The van der Waals surface area contributed by atoms with Crippen LogP contribution in [0.3, 0.4) is 0 Å². The third-order valence-corrected chi connectivity index (χ3v) is 4.27. The van der Waals surface area contributed by atoms with Crippen LogP contribution < -0.4 is 4.74 Å². The highest BCUT2D eigenvalue weighted by molar-refractivity contribution is 5.23. The Bertz CT molecular complexity index is 789. The maximum atomic E-state index is 13.2. The van der Waals surface area contributed by atoms with Crippen LogP contribution in [0.15, 0.2) is 48.5 Å². The van der Waals surface area contributed by atoms with Crippen LogP contribution in [0.5, 0.6) is 5.88 Å². The highest BCUT2D eigenvalue weighted by Gasteiger charge is 2.50. The molecule has 0 bridgehead atoms. The number of benzene rings is 1. The molecule has 2 heterocycles. The van der Waals surface area contributed by atoms with Crippen molar-refractivity contribution in [1.82, 2.24) is 4.98 Å². The van der Waals surface area contributed by atoms with Gasteiger partial charge in [-0.2, -0.15) is 13.2 Å². The zero-order valence-electron chi connectivity index (χ0n) is 14.1. The molecule has 0 amide bonds. The highest BCUT2D eigenvalue weighted by Crippen LogP contribution is 2.37. The van der Waals surface area contributed by atoms with Crippen LogP contribution in [-0.4, -0.2) is 46.0 Å². The summed E-state index contributed by atoms with van der Waals surface area (Å²) >= 11 is 0. The van der Waals surface area contributed by atoms with E-state index in [1.165, 1.54) is 12.1 Å². The van der Waals surface area contributed by atoms with Gasteiger partial charge >= 0.3 is 6.18 Å². The van der Waals surface area contributed by atoms with Gasteiger partial charge in [0.25, 0.3) is 6.43 Å². The van der Waals surface area contributed by atoms with Gasteiger partial charge in [-0.05, 0) is 11.6 Å². The van der Waals surface area contributed by atoms with Crippen molar-refractivity contribution in [3.05, 3.63) is 59.8 Å². The fourth-order valence-electron chi connectivity index (χ4n) is 2.92. The fourth-order valence-corrected chi connectivity index (χ4v) is 2.92.